The minimum Gasteiger partial charge on any atom is -0.497 e. The molecule has 274 valence electrons. The van der Waals surface area contributed by atoms with E-state index in [-0.39, 0.29) is 35.8 Å². The van der Waals surface area contributed by atoms with Crippen LogP contribution in [0.25, 0.3) is 11.1 Å². The van der Waals surface area contributed by atoms with Crippen LogP contribution in [0.5, 0.6) is 11.5 Å². The molecule has 0 bridgehead atoms. The number of anilines is 1. The second-order valence-corrected chi connectivity index (χ2v) is 15.2. The van der Waals surface area contributed by atoms with Gasteiger partial charge in [-0.3, -0.25) is 4.57 Å². The Kier molecular flexibility index (Phi) is 9.75. The van der Waals surface area contributed by atoms with Gasteiger partial charge in [-0.15, -0.1) is 0 Å². The van der Waals surface area contributed by atoms with E-state index in [1.54, 1.807) is 50.8 Å². The Morgan fingerprint density at radius 3 is 2.50 bits per heavy atom. The molecule has 1 unspecified atom stereocenters. The quantitative estimate of drug-likeness (QED) is 0.165. The van der Waals surface area contributed by atoms with Crippen LogP contribution in [0.15, 0.2) is 81.0 Å². The molecule has 5 aromatic rings. The average molecular weight is 737 g/mol. The third-order valence-electron chi connectivity index (χ3n) is 8.81. The fraction of sp³-hybridized carbons (Fsp3) is 0.324. The number of hydrogen-bond donors (Lipinski definition) is 0. The summed E-state index contributed by atoms with van der Waals surface area (Å²) in [5.41, 5.74) is 2.06. The summed E-state index contributed by atoms with van der Waals surface area (Å²) in [5.74, 6) is -2.16. The molecule has 1 aliphatic heterocycles. The number of benzene rings is 3. The molecule has 0 saturated carbocycles. The highest BCUT2D eigenvalue weighted by molar-refractivity contribution is 7.92. The lowest BCUT2D eigenvalue weighted by molar-refractivity contribution is 0.0223. The van der Waals surface area contributed by atoms with Crippen LogP contribution in [-0.2, 0) is 34.3 Å². The summed E-state index contributed by atoms with van der Waals surface area (Å²) in [5, 5.41) is 0. The van der Waals surface area contributed by atoms with Gasteiger partial charge >= 0.3 is 11.8 Å². The topological polar surface area (TPSA) is 133 Å². The zero-order chi connectivity index (χ0) is 37.5. The van der Waals surface area contributed by atoms with Crippen molar-refractivity contribution in [2.75, 3.05) is 25.1 Å². The normalized spacial score (nSPS) is 13.8. The Labute approximate surface area is 299 Å². The van der Waals surface area contributed by atoms with Gasteiger partial charge in [-0.25, -0.2) is 36.1 Å². The van der Waals surface area contributed by atoms with Crippen molar-refractivity contribution in [2.45, 2.75) is 63.7 Å². The fourth-order valence-corrected chi connectivity index (χ4v) is 7.74. The van der Waals surface area contributed by atoms with E-state index in [0.717, 1.165) is 45.9 Å². The van der Waals surface area contributed by atoms with Gasteiger partial charge in [-0.2, -0.15) is 0 Å². The highest BCUT2D eigenvalue weighted by Gasteiger charge is 2.33. The van der Waals surface area contributed by atoms with Crippen molar-refractivity contribution in [3.05, 3.63) is 111 Å². The number of sulfonamides is 1. The van der Waals surface area contributed by atoms with E-state index in [0.29, 0.717) is 29.8 Å². The van der Waals surface area contributed by atoms with Crippen LogP contribution in [-0.4, -0.2) is 55.3 Å². The van der Waals surface area contributed by atoms with Crippen molar-refractivity contribution in [3.63, 3.8) is 0 Å². The standard InChI is InChI=1S/C37H38F2N4O8S/c1-22(27-9-7-8-23-14-15-41(21-28(23)27)35(44)51-37(2,3)4)43-30-17-29(39)33(18-32(30)50-36(43)45)52(46,47)42(34-13-11-25(38)19-40-34)20-24-10-12-26(48-5)16-31(24)49-6/h7-13,16-19,22H,14-15,20-21H2,1-6H3. The lowest BCUT2D eigenvalue weighted by Gasteiger charge is -2.33. The first-order valence-corrected chi connectivity index (χ1v) is 17.8. The van der Waals surface area contributed by atoms with Crippen molar-refractivity contribution >= 4 is 33.0 Å². The second kappa shape index (κ2) is 13.9. The lowest BCUT2D eigenvalue weighted by atomic mass is 9.91. The number of pyridine rings is 1. The summed E-state index contributed by atoms with van der Waals surface area (Å²) in [6.45, 7) is 7.41. The molecule has 12 nitrogen and oxygen atoms in total. The van der Waals surface area contributed by atoms with Crippen LogP contribution in [0.2, 0.25) is 0 Å². The molecule has 52 heavy (non-hydrogen) atoms. The highest BCUT2D eigenvalue weighted by Crippen LogP contribution is 2.35. The number of oxazole rings is 1. The summed E-state index contributed by atoms with van der Waals surface area (Å²) in [4.78, 5) is 31.1. The molecule has 0 aliphatic carbocycles. The molecule has 0 radical (unpaired) electrons. The predicted octanol–water partition coefficient (Wildman–Crippen LogP) is 6.58. The van der Waals surface area contributed by atoms with Crippen molar-refractivity contribution in [1.82, 2.24) is 14.5 Å². The Hall–Kier alpha value is -5.44. The van der Waals surface area contributed by atoms with Crippen molar-refractivity contribution in [1.29, 1.82) is 0 Å². The molecule has 0 fully saturated rings. The van der Waals surface area contributed by atoms with Crippen molar-refractivity contribution in [2.24, 2.45) is 0 Å². The molecule has 15 heteroatoms. The number of rotatable bonds is 9. The third kappa shape index (κ3) is 7.04. The number of methoxy groups -OCH3 is 2. The van der Waals surface area contributed by atoms with E-state index in [2.05, 4.69) is 4.98 Å². The van der Waals surface area contributed by atoms with Crippen LogP contribution in [0.3, 0.4) is 0 Å². The summed E-state index contributed by atoms with van der Waals surface area (Å²) < 4.78 is 82.6. The van der Waals surface area contributed by atoms with Crippen molar-refractivity contribution < 1.29 is 40.6 Å². The fourth-order valence-electron chi connectivity index (χ4n) is 6.28. The average Bonchev–Trinajstić information content (AvgIpc) is 3.43. The van der Waals surface area contributed by atoms with E-state index in [9.17, 15) is 22.4 Å². The minimum atomic E-state index is -4.78. The van der Waals surface area contributed by atoms with Crippen LogP contribution in [0.1, 0.15) is 56.0 Å². The first-order valence-electron chi connectivity index (χ1n) is 16.4. The lowest BCUT2D eigenvalue weighted by Crippen LogP contribution is -2.40. The number of nitrogens with zero attached hydrogens (tertiary/aromatic N) is 4. The van der Waals surface area contributed by atoms with E-state index in [4.69, 9.17) is 18.6 Å². The minimum absolute atomic E-state index is 0.0228. The zero-order valence-corrected chi connectivity index (χ0v) is 30.3. The van der Waals surface area contributed by atoms with E-state index >= 15 is 4.39 Å². The van der Waals surface area contributed by atoms with Gasteiger partial charge in [0.25, 0.3) is 10.0 Å². The Morgan fingerprint density at radius 1 is 1.06 bits per heavy atom. The number of aromatic nitrogens is 2. The van der Waals surface area contributed by atoms with Crippen LogP contribution in [0.4, 0.5) is 19.4 Å². The van der Waals surface area contributed by atoms with E-state index in [1.807, 2.05) is 18.2 Å². The number of halogens is 2. The first-order chi connectivity index (χ1) is 24.6. The van der Waals surface area contributed by atoms with Gasteiger partial charge in [0.15, 0.2) is 5.58 Å². The molecule has 0 spiro atoms. The van der Waals surface area contributed by atoms with Gasteiger partial charge in [0.2, 0.25) is 0 Å². The maximum absolute atomic E-state index is 16.2. The van der Waals surface area contributed by atoms with Gasteiger partial charge < -0.3 is 23.5 Å². The summed E-state index contributed by atoms with van der Waals surface area (Å²) in [6, 6.07) is 13.7. The molecule has 0 N–H and O–H groups in total. The van der Waals surface area contributed by atoms with Gasteiger partial charge in [0.05, 0.1) is 38.5 Å². The molecule has 1 aliphatic rings. The molecular weight excluding hydrogens is 698 g/mol. The predicted molar refractivity (Wildman–Crippen MR) is 188 cm³/mol. The smallest absolute Gasteiger partial charge is 0.420 e. The molecule has 3 aromatic carbocycles. The molecule has 2 aromatic heterocycles. The largest absolute Gasteiger partial charge is 0.497 e. The molecular formula is C37H38F2N4O8S. The van der Waals surface area contributed by atoms with Gasteiger partial charge in [0.1, 0.15) is 39.4 Å². The summed E-state index contributed by atoms with van der Waals surface area (Å²) in [7, 11) is -1.91. The Bertz CT molecular complexity index is 2320. The SMILES string of the molecule is COc1ccc(CN(c2ccc(F)cn2)S(=O)(=O)c2cc3oc(=O)n(C(C)c4cccc5c4CN(C(=O)OC(C)(C)C)CC5)c3cc2F)c(OC)c1. The maximum Gasteiger partial charge on any atom is 0.420 e. The van der Waals surface area contributed by atoms with E-state index < -0.39 is 50.0 Å². The summed E-state index contributed by atoms with van der Waals surface area (Å²) in [6.07, 6.45) is 0.948. The molecule has 6 rings (SSSR count). The third-order valence-corrected chi connectivity index (χ3v) is 10.6. The molecule has 3 heterocycles. The number of amides is 1. The highest BCUT2D eigenvalue weighted by atomic mass is 32.2. The second-order valence-electron chi connectivity index (χ2n) is 13.3. The van der Waals surface area contributed by atoms with Crippen LogP contribution >= 0.6 is 0 Å². The number of carbonyl (C=O) groups excluding carboxylic acids is 1. The number of fused-ring (bicyclic) bond motifs is 2. The molecule has 1 atom stereocenters. The van der Waals surface area contributed by atoms with Crippen molar-refractivity contribution in [3.8, 4) is 11.5 Å². The number of ether oxygens (including phenoxy) is 3. The zero-order valence-electron chi connectivity index (χ0n) is 29.5. The first kappa shape index (κ1) is 36.4. The molecule has 0 saturated heterocycles. The van der Waals surface area contributed by atoms with Gasteiger partial charge in [-0.05, 0) is 75.1 Å². The van der Waals surface area contributed by atoms with Crippen LogP contribution in [0, 0.1) is 11.6 Å². The summed E-state index contributed by atoms with van der Waals surface area (Å²) >= 11 is 0. The Balaban J connectivity index is 1.40. The Morgan fingerprint density at radius 2 is 1.83 bits per heavy atom. The number of hydrogen-bond acceptors (Lipinski definition) is 9. The number of carbonyl (C=O) groups is 1. The van der Waals surface area contributed by atoms with Gasteiger partial charge in [-0.1, -0.05) is 18.2 Å². The monoisotopic (exact) mass is 736 g/mol. The molecule has 1 amide bonds. The maximum atomic E-state index is 16.2. The van der Waals surface area contributed by atoms with Gasteiger partial charge in [0, 0.05) is 36.9 Å². The van der Waals surface area contributed by atoms with Crippen LogP contribution < -0.4 is 19.5 Å². The van der Waals surface area contributed by atoms with E-state index in [1.165, 1.54) is 18.8 Å².